The Hall–Kier alpha value is -3.12. The van der Waals surface area contributed by atoms with Crippen molar-refractivity contribution in [2.24, 2.45) is 5.92 Å². The molecule has 3 aromatic rings. The molecule has 10 nitrogen and oxygen atoms in total. The fourth-order valence-corrected chi connectivity index (χ4v) is 6.74. The molecule has 0 bridgehead atoms. The van der Waals surface area contributed by atoms with Crippen molar-refractivity contribution in [3.05, 3.63) is 36.3 Å². The van der Waals surface area contributed by atoms with Gasteiger partial charge in [-0.2, -0.15) is 4.98 Å². The van der Waals surface area contributed by atoms with E-state index in [1.807, 2.05) is 12.3 Å². The second-order valence-corrected chi connectivity index (χ2v) is 13.6. The SMILES string of the molecule is CC(C)c1ccc(N2C[C@@H](CS(C)(=O)=O)[C@@H]2C)c2cnc(Nc3ncnc(N4CC[C@@H](O)[C@@](C)(F)C4)n3)cc12. The number of pyridine rings is 1. The van der Waals surface area contributed by atoms with E-state index < -0.39 is 21.6 Å². The normalized spacial score (nSPS) is 25.7. The topological polar surface area (TPSA) is 124 Å². The highest BCUT2D eigenvalue weighted by Crippen LogP contribution is 2.39. The summed E-state index contributed by atoms with van der Waals surface area (Å²) in [5, 5.41) is 15.2. The van der Waals surface area contributed by atoms with E-state index in [-0.39, 0.29) is 30.2 Å². The summed E-state index contributed by atoms with van der Waals surface area (Å²) in [6.45, 7) is 8.86. The van der Waals surface area contributed by atoms with Crippen LogP contribution in [0.15, 0.2) is 30.7 Å². The van der Waals surface area contributed by atoms with Crippen LogP contribution in [0.1, 0.15) is 45.6 Å². The van der Waals surface area contributed by atoms with Crippen LogP contribution >= 0.6 is 0 Å². The zero-order chi connectivity index (χ0) is 28.1. The van der Waals surface area contributed by atoms with Gasteiger partial charge in [0.2, 0.25) is 11.9 Å². The van der Waals surface area contributed by atoms with Crippen molar-refractivity contribution in [3.8, 4) is 0 Å². The second kappa shape index (κ2) is 10.1. The molecule has 12 heteroatoms. The van der Waals surface area contributed by atoms with Gasteiger partial charge in [0.25, 0.3) is 0 Å². The molecule has 2 aliphatic rings. The first kappa shape index (κ1) is 27.4. The van der Waals surface area contributed by atoms with Crippen molar-refractivity contribution in [2.75, 3.05) is 46.8 Å². The minimum atomic E-state index is -3.03. The lowest BCUT2D eigenvalue weighted by atomic mass is 9.88. The smallest absolute Gasteiger partial charge is 0.233 e. The molecule has 2 aromatic heterocycles. The molecule has 39 heavy (non-hydrogen) atoms. The van der Waals surface area contributed by atoms with E-state index in [0.717, 1.165) is 16.5 Å². The summed E-state index contributed by atoms with van der Waals surface area (Å²) in [4.78, 5) is 21.5. The molecular weight excluding hydrogens is 521 g/mol. The third-order valence-electron chi connectivity index (χ3n) is 7.91. The molecule has 0 aliphatic carbocycles. The number of sulfone groups is 1. The number of benzene rings is 1. The van der Waals surface area contributed by atoms with E-state index in [9.17, 15) is 17.9 Å². The lowest BCUT2D eigenvalue weighted by Crippen LogP contribution is -2.57. The Morgan fingerprint density at radius 1 is 1.23 bits per heavy atom. The van der Waals surface area contributed by atoms with Crippen LogP contribution in [0, 0.1) is 5.92 Å². The van der Waals surface area contributed by atoms with E-state index >= 15 is 0 Å². The van der Waals surface area contributed by atoms with E-state index in [0.29, 0.717) is 37.2 Å². The van der Waals surface area contributed by atoms with Crippen molar-refractivity contribution in [1.29, 1.82) is 0 Å². The van der Waals surface area contributed by atoms with Gasteiger partial charge >= 0.3 is 0 Å². The molecule has 0 unspecified atom stereocenters. The summed E-state index contributed by atoms with van der Waals surface area (Å²) in [6.07, 6.45) is 3.77. The van der Waals surface area contributed by atoms with Crippen LogP contribution in [0.5, 0.6) is 0 Å². The number of aliphatic hydroxyl groups is 1. The van der Waals surface area contributed by atoms with Gasteiger partial charge in [-0.05, 0) is 49.3 Å². The highest BCUT2D eigenvalue weighted by atomic mass is 32.2. The average Bonchev–Trinajstić information content (AvgIpc) is 2.86. The molecule has 4 atom stereocenters. The fourth-order valence-electron chi connectivity index (χ4n) is 5.58. The molecule has 2 aliphatic heterocycles. The van der Waals surface area contributed by atoms with Crippen molar-refractivity contribution in [2.45, 2.75) is 57.8 Å². The Balaban J connectivity index is 1.41. The van der Waals surface area contributed by atoms with Crippen molar-refractivity contribution < 1.29 is 17.9 Å². The number of aliphatic hydroxyl groups excluding tert-OH is 1. The highest BCUT2D eigenvalue weighted by Gasteiger charge is 2.40. The number of alkyl halides is 1. The van der Waals surface area contributed by atoms with Gasteiger partial charge in [0.1, 0.15) is 22.0 Å². The van der Waals surface area contributed by atoms with Crippen LogP contribution in [-0.4, -0.2) is 82.9 Å². The van der Waals surface area contributed by atoms with Crippen LogP contribution in [0.4, 0.5) is 27.8 Å². The first-order valence-corrected chi connectivity index (χ1v) is 15.3. The molecule has 5 rings (SSSR count). The number of fused-ring (bicyclic) bond motifs is 1. The molecule has 210 valence electrons. The largest absolute Gasteiger partial charge is 0.390 e. The van der Waals surface area contributed by atoms with Crippen molar-refractivity contribution >= 4 is 44.0 Å². The molecule has 0 amide bonds. The Kier molecular flexibility index (Phi) is 7.13. The first-order chi connectivity index (χ1) is 18.3. The van der Waals surface area contributed by atoms with Gasteiger partial charge in [0.05, 0.1) is 18.4 Å². The molecule has 1 aromatic carbocycles. The van der Waals surface area contributed by atoms with Gasteiger partial charge in [0, 0.05) is 48.6 Å². The standard InChI is InChI=1S/C27H36FN7O3S/c1-16(2)19-6-7-22(35-12-18(17(35)3)13-39(5,37)38)21-11-29-24(10-20(19)21)32-25-30-15-31-26(33-25)34-9-8-23(36)27(4,28)14-34/h6-7,10-11,15-18,23,36H,8-9,12-14H2,1-5H3,(H,29,30,31,32,33)/t17-,18-,23+,27-/m0/s1. The maximum absolute atomic E-state index is 14.7. The van der Waals surface area contributed by atoms with Crippen LogP contribution in [0.2, 0.25) is 0 Å². The summed E-state index contributed by atoms with van der Waals surface area (Å²) < 4.78 is 38.4. The Labute approximate surface area is 228 Å². The molecule has 2 N–H and O–H groups in total. The summed E-state index contributed by atoms with van der Waals surface area (Å²) in [5.41, 5.74) is 0.461. The van der Waals surface area contributed by atoms with E-state index in [2.05, 4.69) is 63.1 Å². The molecule has 4 heterocycles. The Bertz CT molecular complexity index is 1480. The van der Waals surface area contributed by atoms with Crippen LogP contribution in [0.25, 0.3) is 10.8 Å². The number of aromatic nitrogens is 4. The molecule has 0 saturated carbocycles. The van der Waals surface area contributed by atoms with E-state index in [4.69, 9.17) is 0 Å². The van der Waals surface area contributed by atoms with E-state index in [1.54, 1.807) is 4.90 Å². The minimum Gasteiger partial charge on any atom is -0.390 e. The zero-order valence-corrected chi connectivity index (χ0v) is 23.8. The van der Waals surface area contributed by atoms with Gasteiger partial charge in [-0.25, -0.2) is 27.8 Å². The van der Waals surface area contributed by atoms with Crippen LogP contribution in [0.3, 0.4) is 0 Å². The van der Waals surface area contributed by atoms with E-state index in [1.165, 1.54) is 25.1 Å². The molecular formula is C27H36FN7O3S. The summed E-state index contributed by atoms with van der Waals surface area (Å²) >= 11 is 0. The maximum Gasteiger partial charge on any atom is 0.233 e. The average molecular weight is 558 g/mol. The molecule has 2 fully saturated rings. The number of nitrogens with zero attached hydrogens (tertiary/aromatic N) is 6. The number of hydrogen-bond acceptors (Lipinski definition) is 10. The number of piperidine rings is 1. The summed E-state index contributed by atoms with van der Waals surface area (Å²) in [6, 6.07) is 6.32. The third-order valence-corrected chi connectivity index (χ3v) is 8.95. The molecule has 0 radical (unpaired) electrons. The van der Waals surface area contributed by atoms with Gasteiger partial charge in [-0.1, -0.05) is 19.9 Å². The van der Waals surface area contributed by atoms with Gasteiger partial charge < -0.3 is 20.2 Å². The van der Waals surface area contributed by atoms with Crippen molar-refractivity contribution in [3.63, 3.8) is 0 Å². The Morgan fingerprint density at radius 3 is 2.67 bits per heavy atom. The predicted molar refractivity (Wildman–Crippen MR) is 151 cm³/mol. The number of anilines is 4. The maximum atomic E-state index is 14.7. The molecule has 2 saturated heterocycles. The van der Waals surface area contributed by atoms with Crippen LogP contribution in [-0.2, 0) is 9.84 Å². The number of hydrogen-bond donors (Lipinski definition) is 2. The number of rotatable bonds is 7. The lowest BCUT2D eigenvalue weighted by molar-refractivity contribution is -0.00860. The van der Waals surface area contributed by atoms with Crippen LogP contribution < -0.4 is 15.1 Å². The van der Waals surface area contributed by atoms with Gasteiger partial charge in [-0.3, -0.25) is 0 Å². The molecule has 0 spiro atoms. The number of nitrogens with one attached hydrogen (secondary N) is 1. The van der Waals surface area contributed by atoms with Gasteiger partial charge in [0.15, 0.2) is 5.67 Å². The fraction of sp³-hybridized carbons (Fsp3) is 0.556. The Morgan fingerprint density at radius 2 is 2.00 bits per heavy atom. The minimum absolute atomic E-state index is 0.00760. The number of halogens is 1. The first-order valence-electron chi connectivity index (χ1n) is 13.3. The second-order valence-electron chi connectivity index (χ2n) is 11.4. The third kappa shape index (κ3) is 5.62. The zero-order valence-electron chi connectivity index (χ0n) is 23.0. The monoisotopic (exact) mass is 557 g/mol. The predicted octanol–water partition coefficient (Wildman–Crippen LogP) is 3.46. The summed E-state index contributed by atoms with van der Waals surface area (Å²) in [5.74, 6) is 1.76. The lowest BCUT2D eigenvalue weighted by Gasteiger charge is -2.48. The van der Waals surface area contributed by atoms with Gasteiger partial charge in [-0.15, -0.1) is 0 Å². The quantitative estimate of drug-likeness (QED) is 0.446. The summed E-state index contributed by atoms with van der Waals surface area (Å²) in [7, 11) is -3.03. The highest BCUT2D eigenvalue weighted by molar-refractivity contribution is 7.90. The van der Waals surface area contributed by atoms with Crippen molar-refractivity contribution in [1.82, 2.24) is 19.9 Å².